The number of nitrogens with one attached hydrogen (secondary N) is 1. The molecule has 5 heteroatoms. The van der Waals surface area contributed by atoms with Crippen molar-refractivity contribution in [3.05, 3.63) is 26.3 Å². The molecular formula is C11H18BrN3O. The zero-order chi connectivity index (χ0) is 12.1. The van der Waals surface area contributed by atoms with Gasteiger partial charge in [-0.1, -0.05) is 13.3 Å². The van der Waals surface area contributed by atoms with Crippen molar-refractivity contribution in [1.29, 1.82) is 0 Å². The molecule has 1 aromatic heterocycles. The summed E-state index contributed by atoms with van der Waals surface area (Å²) < 4.78 is 0.572. The van der Waals surface area contributed by atoms with Gasteiger partial charge in [0.2, 0.25) is 0 Å². The van der Waals surface area contributed by atoms with E-state index in [1.54, 1.807) is 0 Å². The third-order valence-electron chi connectivity index (χ3n) is 2.26. The molecule has 0 aliphatic heterocycles. The van der Waals surface area contributed by atoms with Gasteiger partial charge in [0.15, 0.2) is 0 Å². The maximum absolute atomic E-state index is 11.6. The van der Waals surface area contributed by atoms with Crippen molar-refractivity contribution < 1.29 is 0 Å². The van der Waals surface area contributed by atoms with E-state index >= 15 is 0 Å². The first-order valence-corrected chi connectivity index (χ1v) is 6.26. The molecule has 0 saturated carbocycles. The Hall–Kier alpha value is -0.680. The van der Waals surface area contributed by atoms with Crippen LogP contribution in [0.15, 0.2) is 9.27 Å². The monoisotopic (exact) mass is 287 g/mol. The molecule has 4 nitrogen and oxygen atoms in total. The van der Waals surface area contributed by atoms with Gasteiger partial charge in [0.1, 0.15) is 10.3 Å². The lowest BCUT2D eigenvalue weighted by Gasteiger charge is -2.10. The summed E-state index contributed by atoms with van der Waals surface area (Å²) in [5, 5.41) is 0. The van der Waals surface area contributed by atoms with Gasteiger partial charge in [0.05, 0.1) is 5.69 Å². The van der Waals surface area contributed by atoms with E-state index < -0.39 is 0 Å². The first-order chi connectivity index (χ1) is 7.54. The smallest absolute Gasteiger partial charge is 0.265 e. The summed E-state index contributed by atoms with van der Waals surface area (Å²) in [5.41, 5.74) is 0.784. The molecule has 16 heavy (non-hydrogen) atoms. The van der Waals surface area contributed by atoms with Gasteiger partial charge in [0.25, 0.3) is 5.56 Å². The molecule has 1 N–H and O–H groups in total. The molecule has 0 spiro atoms. The zero-order valence-corrected chi connectivity index (χ0v) is 11.6. The van der Waals surface area contributed by atoms with E-state index in [-0.39, 0.29) is 5.56 Å². The molecule has 0 saturated heterocycles. The Labute approximate surface area is 104 Å². The van der Waals surface area contributed by atoms with Crippen LogP contribution in [-0.2, 0) is 12.8 Å². The van der Waals surface area contributed by atoms with Gasteiger partial charge < -0.3 is 9.88 Å². The third kappa shape index (κ3) is 3.72. The van der Waals surface area contributed by atoms with Crippen molar-refractivity contribution in [2.75, 3.05) is 20.6 Å². The highest BCUT2D eigenvalue weighted by Crippen LogP contribution is 2.11. The Bertz CT molecular complexity index is 401. The van der Waals surface area contributed by atoms with Gasteiger partial charge in [-0.2, -0.15) is 0 Å². The van der Waals surface area contributed by atoms with Crippen LogP contribution in [0.25, 0.3) is 0 Å². The van der Waals surface area contributed by atoms with Crippen LogP contribution in [0, 0.1) is 0 Å². The fraction of sp³-hybridized carbons (Fsp3) is 0.636. The highest BCUT2D eigenvalue weighted by Gasteiger charge is 2.08. The minimum Gasteiger partial charge on any atom is -0.310 e. The Morgan fingerprint density at radius 2 is 2.06 bits per heavy atom. The zero-order valence-electron chi connectivity index (χ0n) is 10.0. The van der Waals surface area contributed by atoms with E-state index in [9.17, 15) is 4.79 Å². The summed E-state index contributed by atoms with van der Waals surface area (Å²) in [7, 11) is 4.01. The Morgan fingerprint density at radius 1 is 1.38 bits per heavy atom. The third-order valence-corrected chi connectivity index (χ3v) is 3.08. The van der Waals surface area contributed by atoms with Crippen molar-refractivity contribution in [2.24, 2.45) is 0 Å². The van der Waals surface area contributed by atoms with Crippen molar-refractivity contribution in [3.8, 4) is 0 Å². The van der Waals surface area contributed by atoms with Crippen LogP contribution >= 0.6 is 15.9 Å². The summed E-state index contributed by atoms with van der Waals surface area (Å²) in [6.07, 6.45) is 2.59. The van der Waals surface area contributed by atoms with E-state index in [2.05, 4.69) is 37.7 Å². The number of nitrogens with zero attached hydrogens (tertiary/aromatic N) is 2. The number of halogens is 1. The molecule has 1 rings (SSSR count). The summed E-state index contributed by atoms with van der Waals surface area (Å²) in [5.74, 6) is 0.769. The second-order valence-electron chi connectivity index (χ2n) is 4.08. The predicted molar refractivity (Wildman–Crippen MR) is 68.8 cm³/mol. The minimum atomic E-state index is -0.0767. The van der Waals surface area contributed by atoms with Crippen LogP contribution in [0.3, 0.4) is 0 Å². The van der Waals surface area contributed by atoms with Gasteiger partial charge in [0, 0.05) is 13.0 Å². The second kappa shape index (κ2) is 6.15. The quantitative estimate of drug-likeness (QED) is 0.895. The summed E-state index contributed by atoms with van der Waals surface area (Å²) in [4.78, 5) is 21.0. The lowest BCUT2D eigenvalue weighted by atomic mass is 10.2. The molecule has 0 amide bonds. The van der Waals surface area contributed by atoms with Crippen LogP contribution in [0.1, 0.15) is 24.9 Å². The van der Waals surface area contributed by atoms with Gasteiger partial charge in [-0.25, -0.2) is 4.98 Å². The van der Waals surface area contributed by atoms with Gasteiger partial charge in [-0.3, -0.25) is 4.79 Å². The lowest BCUT2D eigenvalue weighted by molar-refractivity contribution is 0.409. The molecule has 0 fully saturated rings. The number of hydrogen-bond acceptors (Lipinski definition) is 3. The number of aromatic amines is 1. The Kier molecular flexibility index (Phi) is 5.15. The van der Waals surface area contributed by atoms with Crippen molar-refractivity contribution >= 4 is 15.9 Å². The molecule has 0 aliphatic rings. The summed E-state index contributed by atoms with van der Waals surface area (Å²) >= 11 is 3.28. The van der Waals surface area contributed by atoms with E-state index in [0.29, 0.717) is 4.47 Å². The van der Waals surface area contributed by atoms with E-state index in [4.69, 9.17) is 0 Å². The molecule has 1 heterocycles. The maximum atomic E-state index is 11.6. The van der Waals surface area contributed by atoms with Crippen molar-refractivity contribution in [3.63, 3.8) is 0 Å². The first kappa shape index (κ1) is 13.4. The highest BCUT2D eigenvalue weighted by molar-refractivity contribution is 9.10. The number of aromatic nitrogens is 2. The molecule has 0 bridgehead atoms. The molecule has 0 unspecified atom stereocenters. The van der Waals surface area contributed by atoms with E-state index in [1.165, 1.54) is 0 Å². The first-order valence-electron chi connectivity index (χ1n) is 5.47. The summed E-state index contributed by atoms with van der Waals surface area (Å²) in [6.45, 7) is 2.96. The average Bonchev–Trinajstić information content (AvgIpc) is 2.22. The Balaban J connectivity index is 2.90. The predicted octanol–water partition coefficient (Wildman–Crippen LogP) is 1.59. The normalized spacial score (nSPS) is 11.1. The van der Waals surface area contributed by atoms with E-state index in [0.717, 1.165) is 37.3 Å². The molecule has 0 atom stereocenters. The fourth-order valence-corrected chi connectivity index (χ4v) is 1.79. The van der Waals surface area contributed by atoms with Gasteiger partial charge in [-0.15, -0.1) is 0 Å². The van der Waals surface area contributed by atoms with Crippen molar-refractivity contribution in [2.45, 2.75) is 26.2 Å². The molecule has 0 aliphatic carbocycles. The SMILES string of the molecule is CCCc1nc(CCN(C)C)[nH]c(=O)c1Br. The van der Waals surface area contributed by atoms with E-state index in [1.807, 2.05) is 14.1 Å². The summed E-state index contributed by atoms with van der Waals surface area (Å²) in [6, 6.07) is 0. The molecule has 0 radical (unpaired) electrons. The topological polar surface area (TPSA) is 49.0 Å². The van der Waals surface area contributed by atoms with Crippen LogP contribution in [0.5, 0.6) is 0 Å². The Morgan fingerprint density at radius 3 is 2.62 bits per heavy atom. The van der Waals surface area contributed by atoms with Gasteiger partial charge in [-0.05, 0) is 36.4 Å². The molecule has 1 aromatic rings. The van der Waals surface area contributed by atoms with Crippen LogP contribution in [0.4, 0.5) is 0 Å². The minimum absolute atomic E-state index is 0.0767. The fourth-order valence-electron chi connectivity index (χ4n) is 1.41. The second-order valence-corrected chi connectivity index (χ2v) is 4.87. The van der Waals surface area contributed by atoms with Crippen LogP contribution < -0.4 is 5.56 Å². The van der Waals surface area contributed by atoms with Crippen molar-refractivity contribution in [1.82, 2.24) is 14.9 Å². The number of H-pyrrole nitrogens is 1. The maximum Gasteiger partial charge on any atom is 0.265 e. The number of rotatable bonds is 5. The average molecular weight is 288 g/mol. The number of aryl methyl sites for hydroxylation is 1. The van der Waals surface area contributed by atoms with Crippen LogP contribution in [-0.4, -0.2) is 35.5 Å². The number of hydrogen-bond donors (Lipinski definition) is 1. The standard InChI is InChI=1S/C11H18BrN3O/c1-4-5-8-10(12)11(16)14-9(13-8)6-7-15(2)3/h4-7H2,1-3H3,(H,13,14,16). The molecule has 90 valence electrons. The molecule has 0 aromatic carbocycles. The lowest BCUT2D eigenvalue weighted by Crippen LogP contribution is -2.20. The number of likely N-dealkylation sites (N-methyl/N-ethyl adjacent to an activating group) is 1. The molecular weight excluding hydrogens is 270 g/mol. The highest BCUT2D eigenvalue weighted by atomic mass is 79.9. The van der Waals surface area contributed by atoms with Gasteiger partial charge >= 0.3 is 0 Å². The largest absolute Gasteiger partial charge is 0.310 e. The van der Waals surface area contributed by atoms with Crippen LogP contribution in [0.2, 0.25) is 0 Å².